The molecule has 2 nitrogen and oxygen atoms in total. The van der Waals surface area contributed by atoms with Crippen molar-refractivity contribution >= 4 is 49.8 Å². The third-order valence-electron chi connectivity index (χ3n) is 14.9. The summed E-state index contributed by atoms with van der Waals surface area (Å²) in [6, 6.07) is 78.3. The third kappa shape index (κ3) is 5.55. The molecule has 0 fully saturated rings. The molecule has 0 amide bonds. The van der Waals surface area contributed by atoms with Crippen LogP contribution in [0, 0.1) is 0 Å². The fourth-order valence-electron chi connectivity index (χ4n) is 11.7. The highest BCUT2D eigenvalue weighted by Gasteiger charge is 2.38. The van der Waals surface area contributed by atoms with Crippen molar-refractivity contribution < 1.29 is 4.42 Å². The summed E-state index contributed by atoms with van der Waals surface area (Å²) in [5, 5.41) is 4.53. The zero-order valence-electron chi connectivity index (χ0n) is 37.6. The Balaban J connectivity index is 1.02. The van der Waals surface area contributed by atoms with Crippen LogP contribution in [0.4, 0.5) is 17.1 Å². The SMILES string of the molecule is CC1(C)c2ccccc2-c2ccc(-c3ccc(N(c4ccccc4-c4cccc5c4C(C)(C)c4ccccc4-5)c4ccccc4-c4cccc5oc6c7ccccc7ccc6c45)cc3)cc21. The Bertz CT molecular complexity index is 3770. The Hall–Kier alpha value is -7.94. The van der Waals surface area contributed by atoms with Crippen molar-refractivity contribution in [3.63, 3.8) is 0 Å². The predicted octanol–water partition coefficient (Wildman–Crippen LogP) is 17.8. The summed E-state index contributed by atoms with van der Waals surface area (Å²) < 4.78 is 6.76. The van der Waals surface area contributed by atoms with E-state index in [1.165, 1.54) is 72.1 Å². The van der Waals surface area contributed by atoms with E-state index in [4.69, 9.17) is 4.42 Å². The largest absolute Gasteiger partial charge is 0.455 e. The minimum atomic E-state index is -0.187. The Labute approximate surface area is 386 Å². The number of anilines is 3. The molecule has 2 aliphatic carbocycles. The predicted molar refractivity (Wildman–Crippen MR) is 277 cm³/mol. The van der Waals surface area contributed by atoms with E-state index < -0.39 is 0 Å². The van der Waals surface area contributed by atoms with Gasteiger partial charge in [0.25, 0.3) is 0 Å². The van der Waals surface area contributed by atoms with Crippen LogP contribution >= 0.6 is 0 Å². The normalized spacial score (nSPS) is 14.0. The van der Waals surface area contributed by atoms with E-state index in [1.807, 2.05) is 0 Å². The number of hydrogen-bond donors (Lipinski definition) is 0. The molecule has 1 aromatic heterocycles. The maximum absolute atomic E-state index is 6.76. The van der Waals surface area contributed by atoms with Crippen molar-refractivity contribution in [1.29, 1.82) is 0 Å². The number of benzene rings is 10. The van der Waals surface area contributed by atoms with Crippen LogP contribution in [0.2, 0.25) is 0 Å². The van der Waals surface area contributed by atoms with Gasteiger partial charge in [0.05, 0.1) is 11.4 Å². The summed E-state index contributed by atoms with van der Waals surface area (Å²) in [5.41, 5.74) is 22.8. The van der Waals surface area contributed by atoms with Crippen molar-refractivity contribution in [3.05, 3.63) is 235 Å². The van der Waals surface area contributed by atoms with Crippen molar-refractivity contribution in [2.24, 2.45) is 0 Å². The average Bonchev–Trinajstić information content (AvgIpc) is 3.95. The fourth-order valence-corrected chi connectivity index (χ4v) is 11.7. The Morgan fingerprint density at radius 3 is 1.64 bits per heavy atom. The lowest BCUT2D eigenvalue weighted by atomic mass is 9.78. The summed E-state index contributed by atoms with van der Waals surface area (Å²) in [6.45, 7) is 9.48. The standard InChI is InChI=1S/C64H47NO/c1-63(2)54-26-11-7-19-45(54)47-37-34-42(39-56(47)63)40-31-35-43(36-32-40)65(58-29-14-10-22-49(58)52-25-15-24-51-46-20-8-12-27-55(46)64(3,4)61(51)52)57-28-13-9-21-48(57)50-23-16-30-59-60(50)53-38-33-41-17-5-6-18-44(41)62(53)66-59/h5-39H,1-4H3. The van der Waals surface area contributed by atoms with Crippen LogP contribution in [-0.2, 0) is 10.8 Å². The van der Waals surface area contributed by atoms with Crippen LogP contribution in [-0.4, -0.2) is 0 Å². The van der Waals surface area contributed by atoms with Crippen LogP contribution in [0.15, 0.2) is 217 Å². The van der Waals surface area contributed by atoms with Gasteiger partial charge in [-0.1, -0.05) is 198 Å². The minimum absolute atomic E-state index is 0.0735. The van der Waals surface area contributed by atoms with E-state index in [9.17, 15) is 0 Å². The van der Waals surface area contributed by atoms with Gasteiger partial charge < -0.3 is 9.32 Å². The summed E-state index contributed by atoms with van der Waals surface area (Å²) in [5.74, 6) is 0. The van der Waals surface area contributed by atoms with Gasteiger partial charge in [-0.05, 0) is 115 Å². The van der Waals surface area contributed by atoms with Crippen molar-refractivity contribution in [3.8, 4) is 55.6 Å². The molecule has 0 N–H and O–H groups in total. The molecule has 0 aliphatic heterocycles. The van der Waals surface area contributed by atoms with Crippen molar-refractivity contribution in [2.75, 3.05) is 4.90 Å². The number of furan rings is 1. The van der Waals surface area contributed by atoms with Crippen LogP contribution < -0.4 is 4.90 Å². The van der Waals surface area contributed by atoms with Gasteiger partial charge in [0.2, 0.25) is 0 Å². The lowest BCUT2D eigenvalue weighted by Crippen LogP contribution is -2.17. The number of hydrogen-bond acceptors (Lipinski definition) is 2. The van der Waals surface area contributed by atoms with Gasteiger partial charge in [-0.15, -0.1) is 0 Å². The van der Waals surface area contributed by atoms with Gasteiger partial charge in [0.15, 0.2) is 0 Å². The molecule has 0 spiro atoms. The molecule has 0 unspecified atom stereocenters. The monoisotopic (exact) mass is 845 g/mol. The van der Waals surface area contributed by atoms with Crippen LogP contribution in [0.1, 0.15) is 49.9 Å². The van der Waals surface area contributed by atoms with E-state index >= 15 is 0 Å². The summed E-state index contributed by atoms with van der Waals surface area (Å²) in [4.78, 5) is 2.49. The second kappa shape index (κ2) is 14.3. The Morgan fingerprint density at radius 2 is 0.894 bits per heavy atom. The summed E-state index contributed by atoms with van der Waals surface area (Å²) in [7, 11) is 0. The molecule has 0 atom stereocenters. The lowest BCUT2D eigenvalue weighted by molar-refractivity contribution is 0.660. The first-order chi connectivity index (χ1) is 32.3. The molecule has 0 bridgehead atoms. The van der Waals surface area contributed by atoms with E-state index in [0.717, 1.165) is 55.5 Å². The number of fused-ring (bicyclic) bond motifs is 11. The average molecular weight is 846 g/mol. The van der Waals surface area contributed by atoms with Gasteiger partial charge in [0.1, 0.15) is 11.2 Å². The first-order valence-electron chi connectivity index (χ1n) is 23.2. The molecule has 0 radical (unpaired) electrons. The second-order valence-corrected chi connectivity index (χ2v) is 19.2. The smallest absolute Gasteiger partial charge is 0.143 e. The summed E-state index contributed by atoms with van der Waals surface area (Å²) >= 11 is 0. The van der Waals surface area contributed by atoms with Crippen molar-refractivity contribution in [1.82, 2.24) is 0 Å². The maximum Gasteiger partial charge on any atom is 0.143 e. The highest BCUT2D eigenvalue weighted by molar-refractivity contribution is 6.20. The highest BCUT2D eigenvalue weighted by Crippen LogP contribution is 2.55. The minimum Gasteiger partial charge on any atom is -0.455 e. The zero-order chi connectivity index (χ0) is 44.3. The fraction of sp³-hybridized carbons (Fsp3) is 0.0938. The van der Waals surface area contributed by atoms with Crippen molar-refractivity contribution in [2.45, 2.75) is 38.5 Å². The van der Waals surface area contributed by atoms with Gasteiger partial charge in [-0.25, -0.2) is 0 Å². The molecule has 66 heavy (non-hydrogen) atoms. The van der Waals surface area contributed by atoms with Crippen LogP contribution in [0.5, 0.6) is 0 Å². The molecule has 314 valence electrons. The second-order valence-electron chi connectivity index (χ2n) is 19.2. The maximum atomic E-state index is 6.76. The Morgan fingerprint density at radius 1 is 0.364 bits per heavy atom. The zero-order valence-corrected chi connectivity index (χ0v) is 37.6. The van der Waals surface area contributed by atoms with Gasteiger partial charge in [-0.2, -0.15) is 0 Å². The number of rotatable bonds is 6. The first kappa shape index (κ1) is 38.5. The molecule has 10 aromatic carbocycles. The molecule has 13 rings (SSSR count). The molecule has 0 saturated carbocycles. The van der Waals surface area contributed by atoms with Crippen LogP contribution in [0.25, 0.3) is 88.3 Å². The lowest BCUT2D eigenvalue weighted by Gasteiger charge is -2.31. The molecular formula is C64H47NO. The first-order valence-corrected chi connectivity index (χ1v) is 23.2. The highest BCUT2D eigenvalue weighted by atomic mass is 16.3. The summed E-state index contributed by atoms with van der Waals surface area (Å²) in [6.07, 6.45) is 0. The van der Waals surface area contributed by atoms with Gasteiger partial charge in [-0.3, -0.25) is 0 Å². The number of nitrogens with zero attached hydrogens (tertiary/aromatic N) is 1. The molecule has 1 heterocycles. The van der Waals surface area contributed by atoms with Crippen LogP contribution in [0.3, 0.4) is 0 Å². The van der Waals surface area contributed by atoms with Gasteiger partial charge in [0, 0.05) is 43.8 Å². The molecule has 0 saturated heterocycles. The molecule has 2 aliphatic rings. The third-order valence-corrected chi connectivity index (χ3v) is 14.9. The van der Waals surface area contributed by atoms with Gasteiger partial charge >= 0.3 is 0 Å². The quantitative estimate of drug-likeness (QED) is 0.166. The molecular weight excluding hydrogens is 799 g/mol. The molecule has 2 heteroatoms. The van der Waals surface area contributed by atoms with E-state index in [0.29, 0.717) is 0 Å². The topological polar surface area (TPSA) is 16.4 Å². The molecule has 11 aromatic rings. The van der Waals surface area contributed by atoms with E-state index in [2.05, 4.69) is 245 Å². The van der Waals surface area contributed by atoms with E-state index in [-0.39, 0.29) is 10.8 Å². The van der Waals surface area contributed by atoms with E-state index in [1.54, 1.807) is 0 Å². The number of para-hydroxylation sites is 2. The Kier molecular flexibility index (Phi) is 8.33.